The Hall–Kier alpha value is -2.63. The number of hydrogen-bond acceptors (Lipinski definition) is 7. The molecule has 41 heavy (non-hydrogen) atoms. The van der Waals surface area contributed by atoms with E-state index in [0.29, 0.717) is 17.9 Å². The molecule has 5 unspecified atom stereocenters. The normalized spacial score (nSPS) is 25.7. The Morgan fingerprint density at radius 2 is 1.63 bits per heavy atom. The van der Waals surface area contributed by atoms with Crippen LogP contribution in [0.2, 0.25) is 0 Å². The number of ether oxygens (including phenoxy) is 3. The number of fused-ring (bicyclic) bond motifs is 1. The summed E-state index contributed by atoms with van der Waals surface area (Å²) in [5.74, 6) is 1.37. The van der Waals surface area contributed by atoms with Gasteiger partial charge < -0.3 is 14.2 Å². The van der Waals surface area contributed by atoms with Crippen LogP contribution >= 0.6 is 0 Å². The molecule has 2 saturated carbocycles. The number of aryl methyl sites for hydroxylation is 1. The first-order valence-electron chi connectivity index (χ1n) is 13.8. The van der Waals surface area contributed by atoms with Gasteiger partial charge in [0.05, 0.1) is 5.25 Å². The van der Waals surface area contributed by atoms with Crippen LogP contribution in [0.4, 0.5) is 0 Å². The molecule has 7 nitrogen and oxygen atoms in total. The van der Waals surface area contributed by atoms with Crippen molar-refractivity contribution < 1.29 is 52.8 Å². The van der Waals surface area contributed by atoms with Crippen LogP contribution in [0.15, 0.2) is 66.7 Å². The predicted octanol–water partition coefficient (Wildman–Crippen LogP) is 2.64. The largest absolute Gasteiger partial charge is 0.482 e. The Balaban J connectivity index is 0.996. The lowest BCUT2D eigenvalue weighted by atomic mass is 9.87. The van der Waals surface area contributed by atoms with Crippen molar-refractivity contribution in [2.45, 2.75) is 63.4 Å². The first-order valence-corrected chi connectivity index (χ1v) is 17.5. The number of carbonyl (C=O) groups excluding carboxylic acids is 1. The highest BCUT2D eigenvalue weighted by atomic mass is 127. The number of rotatable bonds is 8. The van der Waals surface area contributed by atoms with Gasteiger partial charge in [-0.3, -0.25) is 4.18 Å². The summed E-state index contributed by atoms with van der Waals surface area (Å²) in [6.07, 6.45) is 0.151. The fraction of sp³-hybridized carbons (Fsp3) is 0.406. The van der Waals surface area contributed by atoms with Crippen molar-refractivity contribution in [2.75, 3.05) is 6.61 Å². The Morgan fingerprint density at radius 3 is 2.32 bits per heavy atom. The van der Waals surface area contributed by atoms with Gasteiger partial charge in [0.2, 0.25) is 0 Å². The van der Waals surface area contributed by atoms with Crippen molar-refractivity contribution in [2.24, 2.45) is 11.8 Å². The van der Waals surface area contributed by atoms with Crippen LogP contribution in [-0.4, -0.2) is 38.5 Å². The van der Waals surface area contributed by atoms with Gasteiger partial charge in [0.15, 0.2) is 13.7 Å². The summed E-state index contributed by atoms with van der Waals surface area (Å²) in [6, 6.07) is 22.3. The minimum Gasteiger partial charge on any atom is -0.482 e. The highest BCUT2D eigenvalue weighted by molar-refractivity contribution is 7.87. The molecule has 1 heterocycles. The van der Waals surface area contributed by atoms with Gasteiger partial charge in [0.1, 0.15) is 29.5 Å². The molecule has 2 aliphatic carbocycles. The molecule has 3 fully saturated rings. The number of carbonyl (C=O) groups is 1. The fourth-order valence-corrected chi connectivity index (χ4v) is 10.2. The smallest absolute Gasteiger partial charge is 0.358 e. The molecule has 0 amide bonds. The fourth-order valence-electron chi connectivity index (χ4n) is 6.03. The maximum Gasteiger partial charge on any atom is 0.358 e. The van der Waals surface area contributed by atoms with E-state index in [-0.39, 0.29) is 45.1 Å². The van der Waals surface area contributed by atoms with Crippen LogP contribution in [-0.2, 0) is 29.2 Å². The van der Waals surface area contributed by atoms with Gasteiger partial charge in [-0.25, -0.2) is 4.79 Å². The second-order valence-electron chi connectivity index (χ2n) is 12.1. The zero-order chi connectivity index (χ0) is 28.9. The molecule has 6 rings (SSSR count). The van der Waals surface area contributed by atoms with Crippen LogP contribution in [0.25, 0.3) is 0 Å². The molecule has 5 atom stereocenters. The van der Waals surface area contributed by atoms with E-state index in [2.05, 4.69) is 64.1 Å². The van der Waals surface area contributed by atoms with E-state index in [4.69, 9.17) is 18.4 Å². The molecule has 0 spiro atoms. The van der Waals surface area contributed by atoms with Gasteiger partial charge in [-0.2, -0.15) is 8.42 Å². The van der Waals surface area contributed by atoms with Crippen LogP contribution in [0.1, 0.15) is 44.7 Å². The van der Waals surface area contributed by atoms with Crippen molar-refractivity contribution in [3.8, 4) is 17.2 Å². The number of hydrogen-bond donors (Lipinski definition) is 0. The third kappa shape index (κ3) is 5.99. The lowest BCUT2D eigenvalue weighted by Crippen LogP contribution is -3.61. The quantitative estimate of drug-likeness (QED) is 0.204. The summed E-state index contributed by atoms with van der Waals surface area (Å²) in [7, 11) is -3.54. The summed E-state index contributed by atoms with van der Waals surface area (Å²) in [6.45, 7) is 8.55. The maximum absolute atomic E-state index is 12.4. The molecular formula is C32H34IO7S+. The molecule has 0 N–H and O–H groups in total. The van der Waals surface area contributed by atoms with Crippen LogP contribution in [0.3, 0.4) is 0 Å². The zero-order valence-corrected chi connectivity index (χ0v) is 26.5. The maximum atomic E-state index is 12.4. The van der Waals surface area contributed by atoms with E-state index in [1.165, 1.54) is 18.3 Å². The molecule has 0 aromatic heterocycles. The third-order valence-corrected chi connectivity index (χ3v) is 13.1. The first-order chi connectivity index (χ1) is 19.5. The SMILES string of the molecule is Cc1cc(Oc2ccc(OCC(=O)OC3C4CC5C3OS(=O)(=O)C5C4)cc2)ccc1[I+]c1ccc(C(C)(C)C)cc1. The minimum absolute atomic E-state index is 0.0344. The minimum atomic E-state index is -3.54. The third-order valence-electron chi connectivity index (χ3n) is 8.15. The van der Waals surface area contributed by atoms with E-state index in [9.17, 15) is 13.2 Å². The van der Waals surface area contributed by atoms with Crippen molar-refractivity contribution in [1.29, 1.82) is 0 Å². The summed E-state index contributed by atoms with van der Waals surface area (Å²) >= 11 is -0.287. The van der Waals surface area contributed by atoms with Crippen molar-refractivity contribution in [3.05, 3.63) is 85.0 Å². The lowest BCUT2D eigenvalue weighted by molar-refractivity contribution is -0.598. The van der Waals surface area contributed by atoms with Crippen LogP contribution in [0.5, 0.6) is 17.2 Å². The molecule has 216 valence electrons. The molecular weight excluding hydrogens is 655 g/mol. The molecule has 9 heteroatoms. The summed E-state index contributed by atoms with van der Waals surface area (Å²) in [5, 5.41) is -0.441. The van der Waals surface area contributed by atoms with Crippen LogP contribution < -0.4 is 30.7 Å². The topological polar surface area (TPSA) is 88.1 Å². The van der Waals surface area contributed by atoms with Gasteiger partial charge in [0.25, 0.3) is 10.1 Å². The van der Waals surface area contributed by atoms with E-state index in [0.717, 1.165) is 12.2 Å². The lowest BCUT2D eigenvalue weighted by Gasteiger charge is -2.24. The van der Waals surface area contributed by atoms with Gasteiger partial charge in [0, 0.05) is 17.4 Å². The molecule has 1 saturated heterocycles. The summed E-state index contributed by atoms with van der Waals surface area (Å²) in [4.78, 5) is 12.4. The monoisotopic (exact) mass is 689 g/mol. The van der Waals surface area contributed by atoms with Crippen molar-refractivity contribution in [1.82, 2.24) is 0 Å². The van der Waals surface area contributed by atoms with E-state index < -0.39 is 33.5 Å². The highest BCUT2D eigenvalue weighted by Gasteiger charge is 2.65. The second-order valence-corrected chi connectivity index (χ2v) is 16.8. The van der Waals surface area contributed by atoms with E-state index >= 15 is 0 Å². The number of benzene rings is 3. The molecule has 2 bridgehead atoms. The van der Waals surface area contributed by atoms with Crippen LogP contribution in [0, 0.1) is 25.9 Å². The van der Waals surface area contributed by atoms with Crippen molar-refractivity contribution in [3.63, 3.8) is 0 Å². The molecule has 1 aliphatic heterocycles. The molecule has 3 aliphatic rings. The average Bonchev–Trinajstić information content (AvgIpc) is 3.54. The number of esters is 1. The number of halogens is 1. The zero-order valence-electron chi connectivity index (χ0n) is 23.5. The molecule has 0 radical (unpaired) electrons. The van der Waals surface area contributed by atoms with Gasteiger partial charge in [-0.15, -0.1) is 0 Å². The molecule has 3 aromatic rings. The summed E-state index contributed by atoms with van der Waals surface area (Å²) in [5.41, 5.74) is 2.71. The van der Waals surface area contributed by atoms with E-state index in [1.807, 2.05) is 6.07 Å². The van der Waals surface area contributed by atoms with Gasteiger partial charge in [-0.1, -0.05) is 32.9 Å². The predicted molar refractivity (Wildman–Crippen MR) is 149 cm³/mol. The highest BCUT2D eigenvalue weighted by Crippen LogP contribution is 2.55. The second kappa shape index (κ2) is 10.9. The van der Waals surface area contributed by atoms with Gasteiger partial charge >= 0.3 is 27.2 Å². The Kier molecular flexibility index (Phi) is 7.57. The summed E-state index contributed by atoms with van der Waals surface area (Å²) < 4.78 is 49.5. The Morgan fingerprint density at radius 1 is 0.951 bits per heavy atom. The first kappa shape index (κ1) is 28.5. The van der Waals surface area contributed by atoms with E-state index in [1.54, 1.807) is 24.3 Å². The Bertz CT molecular complexity index is 1540. The van der Waals surface area contributed by atoms with Crippen molar-refractivity contribution >= 4 is 16.1 Å². The standard InChI is InChI=1S/C32H34IO7S/c1-19-15-25(13-14-27(19)33-22-7-5-21(6-8-22)32(2,3)4)38-24-11-9-23(10-12-24)37-18-29(34)39-30-20-16-26-28(17-20)41(35,36)40-31(26)30/h5-15,20,26,28,30-31H,16-18H2,1-4H3/q+1. The Labute approximate surface area is 251 Å². The van der Waals surface area contributed by atoms with Gasteiger partial charge in [-0.05, 0) is 85.3 Å². The molecule has 3 aromatic carbocycles. The average molecular weight is 690 g/mol.